The van der Waals surface area contributed by atoms with E-state index in [4.69, 9.17) is 16.3 Å². The van der Waals surface area contributed by atoms with Crippen LogP contribution in [0.5, 0.6) is 0 Å². The summed E-state index contributed by atoms with van der Waals surface area (Å²) in [5, 5.41) is 13.0. The van der Waals surface area contributed by atoms with Crippen molar-refractivity contribution in [3.63, 3.8) is 0 Å². The topological polar surface area (TPSA) is 78.9 Å². The van der Waals surface area contributed by atoms with E-state index in [1.807, 2.05) is 25.3 Å². The lowest BCUT2D eigenvalue weighted by Gasteiger charge is -2.41. The third-order valence-corrected chi connectivity index (χ3v) is 7.65. The van der Waals surface area contributed by atoms with E-state index in [-0.39, 0.29) is 11.6 Å². The Morgan fingerprint density at radius 1 is 1.17 bits per heavy atom. The fraction of sp³-hybridized carbons (Fsp3) is 0.379. The highest BCUT2D eigenvalue weighted by Gasteiger charge is 2.39. The first-order valence-corrected chi connectivity index (χ1v) is 12.6. The van der Waals surface area contributed by atoms with Gasteiger partial charge in [-0.2, -0.15) is 0 Å². The van der Waals surface area contributed by atoms with E-state index in [1.165, 1.54) is 22.6 Å². The lowest BCUT2D eigenvalue weighted by molar-refractivity contribution is 0.0697. The van der Waals surface area contributed by atoms with Crippen molar-refractivity contribution in [3.05, 3.63) is 82.0 Å². The first-order chi connectivity index (χ1) is 17.0. The van der Waals surface area contributed by atoms with Crippen LogP contribution in [0.15, 0.2) is 60.3 Å². The molecule has 2 amide bonds. The Morgan fingerprint density at radius 3 is 2.47 bits per heavy atom. The second-order valence-electron chi connectivity index (χ2n) is 10.5. The maximum Gasteiger partial charge on any atom is 0.335 e. The van der Waals surface area contributed by atoms with E-state index in [9.17, 15) is 14.7 Å². The zero-order valence-corrected chi connectivity index (χ0v) is 22.0. The van der Waals surface area contributed by atoms with Crippen LogP contribution in [0.2, 0.25) is 5.02 Å². The Balaban J connectivity index is 1.69. The van der Waals surface area contributed by atoms with E-state index < -0.39 is 11.5 Å². The molecule has 1 aliphatic heterocycles. The van der Waals surface area contributed by atoms with Crippen molar-refractivity contribution < 1.29 is 19.4 Å². The summed E-state index contributed by atoms with van der Waals surface area (Å²) in [6.07, 6.45) is 7.86. The molecule has 0 radical (unpaired) electrons. The van der Waals surface area contributed by atoms with Crippen LogP contribution >= 0.6 is 11.6 Å². The van der Waals surface area contributed by atoms with Gasteiger partial charge in [0, 0.05) is 18.3 Å². The van der Waals surface area contributed by atoms with Crippen molar-refractivity contribution in [1.82, 2.24) is 5.32 Å². The standard InChI is InChI=1S/C29H33ClN2O4/c1-28(2)14-11-19(12-15-28)24-10-7-21(17-25(24)30)29(3)22(13-16-36-4)18-32(27(35)31-29)23-8-5-20(6-9-23)26(33)34/h5-11,17-18H,12-16H2,1-4H3,(H,31,35)(H,33,34)/t29-/m0/s1. The number of nitrogens with one attached hydrogen (secondary N) is 1. The van der Waals surface area contributed by atoms with Gasteiger partial charge < -0.3 is 15.2 Å². The highest BCUT2D eigenvalue weighted by atomic mass is 35.5. The second kappa shape index (κ2) is 10.1. The molecule has 1 atom stereocenters. The molecule has 0 bridgehead atoms. The van der Waals surface area contributed by atoms with Crippen LogP contribution in [-0.4, -0.2) is 30.8 Å². The molecule has 0 saturated carbocycles. The number of methoxy groups -OCH3 is 1. The molecule has 1 heterocycles. The van der Waals surface area contributed by atoms with Gasteiger partial charge in [-0.3, -0.25) is 4.90 Å². The summed E-state index contributed by atoms with van der Waals surface area (Å²) in [4.78, 5) is 26.0. The summed E-state index contributed by atoms with van der Waals surface area (Å²) in [6.45, 7) is 7.03. The third kappa shape index (κ3) is 5.20. The Bertz CT molecular complexity index is 1230. The lowest BCUT2D eigenvalue weighted by atomic mass is 9.76. The Labute approximate surface area is 217 Å². The SMILES string of the molecule is COCCC1=CN(c2ccc(C(=O)O)cc2)C(=O)N[C@@]1(C)c1ccc(C2=CCC(C)(C)CC2)c(Cl)c1. The number of rotatable bonds is 7. The van der Waals surface area contributed by atoms with Gasteiger partial charge in [-0.15, -0.1) is 0 Å². The van der Waals surface area contributed by atoms with Gasteiger partial charge in [0.1, 0.15) is 0 Å². The fourth-order valence-corrected chi connectivity index (χ4v) is 5.15. The average molecular weight is 509 g/mol. The monoisotopic (exact) mass is 508 g/mol. The highest BCUT2D eigenvalue weighted by molar-refractivity contribution is 6.32. The zero-order chi connectivity index (χ0) is 26.1. The molecule has 4 rings (SSSR count). The minimum absolute atomic E-state index is 0.163. The van der Waals surface area contributed by atoms with Gasteiger partial charge in [0.2, 0.25) is 0 Å². The molecular formula is C29H33ClN2O4. The number of carboxylic acid groups (broad SMARTS) is 1. The first-order valence-electron chi connectivity index (χ1n) is 12.2. The van der Waals surface area contributed by atoms with Crippen LogP contribution in [0.25, 0.3) is 5.57 Å². The number of urea groups is 1. The summed E-state index contributed by atoms with van der Waals surface area (Å²) in [5.41, 5.74) is 4.44. The van der Waals surface area contributed by atoms with E-state index >= 15 is 0 Å². The van der Waals surface area contributed by atoms with E-state index in [2.05, 4.69) is 31.3 Å². The van der Waals surface area contributed by atoms with Gasteiger partial charge in [-0.05, 0) is 90.6 Å². The number of nitrogens with zero attached hydrogens (tertiary/aromatic N) is 1. The summed E-state index contributed by atoms with van der Waals surface area (Å²) in [6, 6.07) is 12.0. The number of hydrogen-bond donors (Lipinski definition) is 2. The van der Waals surface area contributed by atoms with Crippen LogP contribution in [-0.2, 0) is 10.3 Å². The van der Waals surface area contributed by atoms with Gasteiger partial charge in [-0.1, -0.05) is 43.7 Å². The molecule has 7 heteroatoms. The van der Waals surface area contributed by atoms with E-state index in [1.54, 1.807) is 19.2 Å². The smallest absolute Gasteiger partial charge is 0.335 e. The molecule has 1 aliphatic carbocycles. The number of carbonyl (C=O) groups excluding carboxylic acids is 1. The third-order valence-electron chi connectivity index (χ3n) is 7.34. The van der Waals surface area contributed by atoms with Crippen LogP contribution in [0.4, 0.5) is 10.5 Å². The molecule has 2 N–H and O–H groups in total. The van der Waals surface area contributed by atoms with Gasteiger partial charge in [0.15, 0.2) is 0 Å². The van der Waals surface area contributed by atoms with Crippen molar-refractivity contribution >= 4 is 34.9 Å². The number of hydrogen-bond acceptors (Lipinski definition) is 3. The van der Waals surface area contributed by atoms with Gasteiger partial charge in [0.25, 0.3) is 0 Å². The molecule has 190 valence electrons. The number of aromatic carboxylic acids is 1. The number of anilines is 1. The molecule has 6 nitrogen and oxygen atoms in total. The van der Waals surface area contributed by atoms with Crippen molar-refractivity contribution in [2.45, 2.75) is 52.0 Å². The van der Waals surface area contributed by atoms with Crippen LogP contribution in [0.3, 0.4) is 0 Å². The number of carboxylic acids is 1. The summed E-state index contributed by atoms with van der Waals surface area (Å²) in [5.74, 6) is -1.01. The van der Waals surface area contributed by atoms with Crippen LogP contribution in [0.1, 0.15) is 67.9 Å². The first kappa shape index (κ1) is 26.0. The number of carbonyl (C=O) groups is 2. The molecule has 2 aromatic rings. The zero-order valence-electron chi connectivity index (χ0n) is 21.2. The Kier molecular flexibility index (Phi) is 7.30. The largest absolute Gasteiger partial charge is 0.478 e. The lowest BCUT2D eigenvalue weighted by Crippen LogP contribution is -2.54. The predicted molar refractivity (Wildman–Crippen MR) is 143 cm³/mol. The molecular weight excluding hydrogens is 476 g/mol. The van der Waals surface area contributed by atoms with Gasteiger partial charge >= 0.3 is 12.0 Å². The number of halogens is 1. The maximum absolute atomic E-state index is 13.3. The average Bonchev–Trinajstić information content (AvgIpc) is 2.84. The summed E-state index contributed by atoms with van der Waals surface area (Å²) >= 11 is 6.81. The van der Waals surface area contributed by atoms with Crippen molar-refractivity contribution in [2.24, 2.45) is 5.41 Å². The highest BCUT2D eigenvalue weighted by Crippen LogP contribution is 2.42. The normalized spacial score (nSPS) is 21.5. The second-order valence-corrected chi connectivity index (χ2v) is 10.9. The quantitative estimate of drug-likeness (QED) is 0.422. The molecule has 0 unspecified atom stereocenters. The maximum atomic E-state index is 13.3. The van der Waals surface area contributed by atoms with Crippen molar-refractivity contribution in [2.75, 3.05) is 18.6 Å². The summed E-state index contributed by atoms with van der Waals surface area (Å²) in [7, 11) is 1.65. The number of allylic oxidation sites excluding steroid dienone is 2. The van der Waals surface area contributed by atoms with Gasteiger partial charge in [0.05, 0.1) is 23.4 Å². The van der Waals surface area contributed by atoms with Gasteiger partial charge in [-0.25, -0.2) is 9.59 Å². The van der Waals surface area contributed by atoms with E-state index in [0.29, 0.717) is 29.2 Å². The predicted octanol–water partition coefficient (Wildman–Crippen LogP) is 7.00. The Morgan fingerprint density at radius 2 is 1.89 bits per heavy atom. The minimum Gasteiger partial charge on any atom is -0.478 e. The molecule has 2 aliphatic rings. The number of benzene rings is 2. The number of ether oxygens (including phenoxy) is 1. The molecule has 36 heavy (non-hydrogen) atoms. The van der Waals surface area contributed by atoms with Crippen LogP contribution < -0.4 is 10.2 Å². The van der Waals surface area contributed by atoms with Crippen molar-refractivity contribution in [1.29, 1.82) is 0 Å². The molecule has 0 fully saturated rings. The summed E-state index contributed by atoms with van der Waals surface area (Å²) < 4.78 is 5.35. The Hall–Kier alpha value is -3.09. The number of amides is 2. The molecule has 2 aromatic carbocycles. The van der Waals surface area contributed by atoms with Crippen LogP contribution in [0, 0.1) is 5.41 Å². The minimum atomic E-state index is -1.01. The molecule has 0 saturated heterocycles. The van der Waals surface area contributed by atoms with E-state index in [0.717, 1.165) is 36.0 Å². The van der Waals surface area contributed by atoms with Crippen molar-refractivity contribution in [3.8, 4) is 0 Å². The molecule has 0 aromatic heterocycles. The fourth-order valence-electron chi connectivity index (χ4n) is 4.85. The molecule has 0 spiro atoms.